The Kier molecular flexibility index (Phi) is 5.17. The van der Waals surface area contributed by atoms with Crippen LogP contribution < -0.4 is 11.1 Å². The molecular formula is C22H32FN5O2. The van der Waals surface area contributed by atoms with E-state index < -0.39 is 11.7 Å². The maximum Gasteiger partial charge on any atom is 0.281 e. The molecule has 4 rings (SSSR count). The van der Waals surface area contributed by atoms with Crippen LogP contribution in [0.4, 0.5) is 4.39 Å². The van der Waals surface area contributed by atoms with E-state index in [4.69, 9.17) is 15.3 Å². The Morgan fingerprint density at radius 2 is 1.73 bits per heavy atom. The van der Waals surface area contributed by atoms with Gasteiger partial charge < -0.3 is 10.5 Å². The van der Waals surface area contributed by atoms with Crippen LogP contribution in [0.3, 0.4) is 0 Å². The second-order valence-corrected chi connectivity index (χ2v) is 9.55. The molecule has 0 radical (unpaired) electrons. The molecule has 164 valence electrons. The zero-order valence-corrected chi connectivity index (χ0v) is 18.4. The summed E-state index contributed by atoms with van der Waals surface area (Å²) in [6, 6.07) is 9.15. The van der Waals surface area contributed by atoms with Crippen LogP contribution in [0.1, 0.15) is 46.1 Å². The van der Waals surface area contributed by atoms with Gasteiger partial charge in [0, 0.05) is 22.7 Å². The first-order valence-corrected chi connectivity index (χ1v) is 10.5. The van der Waals surface area contributed by atoms with E-state index in [0.717, 1.165) is 12.8 Å². The van der Waals surface area contributed by atoms with Gasteiger partial charge in [0.15, 0.2) is 5.83 Å². The second kappa shape index (κ2) is 7.30. The van der Waals surface area contributed by atoms with E-state index in [1.165, 1.54) is 5.06 Å². The molecule has 0 saturated carbocycles. The van der Waals surface area contributed by atoms with Crippen molar-refractivity contribution < 1.29 is 14.0 Å². The molecule has 3 aliphatic heterocycles. The van der Waals surface area contributed by atoms with Crippen LogP contribution in [0.5, 0.6) is 0 Å². The van der Waals surface area contributed by atoms with Crippen LogP contribution in [-0.4, -0.2) is 59.2 Å². The SMILES string of the molecule is CN1C(C)(C)CC(NC23OCCON2C(N)=NC(c2ccccc2)=C3F)CC1(C)C. The van der Waals surface area contributed by atoms with E-state index in [-0.39, 0.29) is 42.0 Å². The number of halogens is 1. The normalized spacial score (nSPS) is 29.5. The Hall–Kier alpha value is -2.00. The minimum atomic E-state index is -1.64. The number of hydrogen-bond acceptors (Lipinski definition) is 7. The second-order valence-electron chi connectivity index (χ2n) is 9.55. The summed E-state index contributed by atoms with van der Waals surface area (Å²) in [6.07, 6.45) is 1.63. The summed E-state index contributed by atoms with van der Waals surface area (Å²) in [5.41, 5.74) is 6.86. The number of aliphatic imine (C=N–C) groups is 1. The molecule has 2 saturated heterocycles. The summed E-state index contributed by atoms with van der Waals surface area (Å²) < 4.78 is 22.2. The number of rotatable bonds is 3. The van der Waals surface area contributed by atoms with Crippen molar-refractivity contribution in [3.63, 3.8) is 0 Å². The lowest BCUT2D eigenvalue weighted by atomic mass is 9.77. The van der Waals surface area contributed by atoms with Crippen molar-refractivity contribution in [2.24, 2.45) is 10.7 Å². The van der Waals surface area contributed by atoms with Gasteiger partial charge in [-0.25, -0.2) is 9.38 Å². The van der Waals surface area contributed by atoms with E-state index in [1.54, 1.807) is 12.1 Å². The lowest BCUT2D eigenvalue weighted by Gasteiger charge is -2.56. The fraction of sp³-hybridized carbons (Fsp3) is 0.591. The van der Waals surface area contributed by atoms with Crippen molar-refractivity contribution in [1.29, 1.82) is 0 Å². The standard InChI is InChI=1S/C22H32FN5O2/c1-20(2)13-16(14-21(3,4)27(20)5)26-22-18(23)17(15-9-7-6-8-10-15)25-19(24)28(22)30-12-11-29-22/h6-10,16,26H,11-14H2,1-5H3,(H2,24,25). The van der Waals surface area contributed by atoms with Gasteiger partial charge in [0.25, 0.3) is 5.85 Å². The zero-order valence-electron chi connectivity index (χ0n) is 18.4. The summed E-state index contributed by atoms with van der Waals surface area (Å²) >= 11 is 0. The Morgan fingerprint density at radius 3 is 2.37 bits per heavy atom. The van der Waals surface area contributed by atoms with Gasteiger partial charge in [-0.1, -0.05) is 30.3 Å². The number of fused-ring (bicyclic) bond motifs is 1. The van der Waals surface area contributed by atoms with Gasteiger partial charge in [-0.2, -0.15) is 5.06 Å². The van der Waals surface area contributed by atoms with Gasteiger partial charge in [0.2, 0.25) is 5.96 Å². The van der Waals surface area contributed by atoms with Crippen LogP contribution >= 0.6 is 0 Å². The largest absolute Gasteiger partial charge is 0.368 e. The average Bonchev–Trinajstić information content (AvgIpc) is 2.69. The van der Waals surface area contributed by atoms with Crippen molar-refractivity contribution in [1.82, 2.24) is 15.3 Å². The molecule has 3 aliphatic rings. The summed E-state index contributed by atoms with van der Waals surface area (Å²) in [7, 11) is 2.14. The number of piperidine rings is 1. The van der Waals surface area contributed by atoms with Crippen LogP contribution in [0.25, 0.3) is 5.70 Å². The number of nitrogens with zero attached hydrogens (tertiary/aromatic N) is 3. The molecule has 7 nitrogen and oxygen atoms in total. The minimum Gasteiger partial charge on any atom is -0.368 e. The maximum absolute atomic E-state index is 16.1. The Labute approximate surface area is 177 Å². The van der Waals surface area contributed by atoms with Crippen LogP contribution in [0, 0.1) is 0 Å². The lowest BCUT2D eigenvalue weighted by Crippen LogP contribution is -2.72. The number of hydroxylamine groups is 2. The molecular weight excluding hydrogens is 385 g/mol. The Bertz CT molecular complexity index is 852. The predicted molar refractivity (Wildman–Crippen MR) is 115 cm³/mol. The van der Waals surface area contributed by atoms with E-state index in [0.29, 0.717) is 5.56 Å². The summed E-state index contributed by atoms with van der Waals surface area (Å²) in [5.74, 6) is -2.12. The number of nitrogens with two attached hydrogens (primary N) is 1. The Morgan fingerprint density at radius 1 is 1.10 bits per heavy atom. The molecule has 30 heavy (non-hydrogen) atoms. The first-order valence-electron chi connectivity index (χ1n) is 10.5. The molecule has 0 spiro atoms. The van der Waals surface area contributed by atoms with Gasteiger partial charge >= 0.3 is 0 Å². The van der Waals surface area contributed by atoms with Gasteiger partial charge in [-0.05, 0) is 47.6 Å². The highest BCUT2D eigenvalue weighted by atomic mass is 19.1. The average molecular weight is 418 g/mol. The first-order chi connectivity index (χ1) is 14.1. The molecule has 1 aromatic rings. The van der Waals surface area contributed by atoms with Crippen LogP contribution in [0.15, 0.2) is 41.2 Å². The third-order valence-electron chi connectivity index (χ3n) is 6.60. The smallest absolute Gasteiger partial charge is 0.281 e. The van der Waals surface area contributed by atoms with Crippen molar-refractivity contribution in [2.75, 3.05) is 20.3 Å². The molecule has 0 aliphatic carbocycles. The lowest BCUT2D eigenvalue weighted by molar-refractivity contribution is -0.323. The first kappa shape index (κ1) is 21.2. The van der Waals surface area contributed by atoms with Crippen LogP contribution in [-0.2, 0) is 9.57 Å². The monoisotopic (exact) mass is 417 g/mol. The third kappa shape index (κ3) is 3.41. The summed E-state index contributed by atoms with van der Waals surface area (Å²) in [6.45, 7) is 9.33. The quantitative estimate of drug-likeness (QED) is 0.788. The number of nitrogens with one attached hydrogen (secondary N) is 1. The fourth-order valence-electron chi connectivity index (χ4n) is 4.92. The highest BCUT2D eigenvalue weighted by molar-refractivity contribution is 5.88. The van der Waals surface area contributed by atoms with E-state index in [1.807, 2.05) is 18.2 Å². The number of benzene rings is 1. The minimum absolute atomic E-state index is 0.0240. The molecule has 1 atom stereocenters. The van der Waals surface area contributed by atoms with E-state index in [9.17, 15) is 0 Å². The van der Waals surface area contributed by atoms with E-state index in [2.05, 4.69) is 50.0 Å². The van der Waals surface area contributed by atoms with Gasteiger partial charge in [-0.15, -0.1) is 0 Å². The number of likely N-dealkylation sites (tertiary alicyclic amines) is 1. The predicted octanol–water partition coefficient (Wildman–Crippen LogP) is 2.81. The molecule has 2 fully saturated rings. The molecule has 3 heterocycles. The fourth-order valence-corrected chi connectivity index (χ4v) is 4.92. The highest BCUT2D eigenvalue weighted by Gasteiger charge is 2.55. The molecule has 3 N–H and O–H groups in total. The van der Waals surface area contributed by atoms with Crippen molar-refractivity contribution >= 4 is 11.7 Å². The van der Waals surface area contributed by atoms with Crippen molar-refractivity contribution in [3.05, 3.63) is 41.7 Å². The van der Waals surface area contributed by atoms with Crippen molar-refractivity contribution in [3.8, 4) is 0 Å². The molecule has 1 unspecified atom stereocenters. The van der Waals surface area contributed by atoms with Crippen LogP contribution in [0.2, 0.25) is 0 Å². The van der Waals surface area contributed by atoms with Gasteiger partial charge in [0.1, 0.15) is 5.70 Å². The zero-order chi connectivity index (χ0) is 21.7. The molecule has 0 amide bonds. The van der Waals surface area contributed by atoms with E-state index >= 15 is 4.39 Å². The molecule has 8 heteroatoms. The number of guanidine groups is 1. The van der Waals surface area contributed by atoms with Crippen molar-refractivity contribution in [2.45, 2.75) is 63.5 Å². The maximum atomic E-state index is 16.1. The van der Waals surface area contributed by atoms with Gasteiger partial charge in [-0.3, -0.25) is 15.1 Å². The summed E-state index contributed by atoms with van der Waals surface area (Å²) in [4.78, 5) is 12.4. The summed E-state index contributed by atoms with van der Waals surface area (Å²) in [5, 5.41) is 4.69. The van der Waals surface area contributed by atoms with Gasteiger partial charge in [0.05, 0.1) is 13.2 Å². The molecule has 1 aromatic carbocycles. The number of ether oxygens (including phenoxy) is 1. The topological polar surface area (TPSA) is 75.4 Å². The molecule has 0 aromatic heterocycles. The Balaban J connectivity index is 1.75. The third-order valence-corrected chi connectivity index (χ3v) is 6.60. The highest BCUT2D eigenvalue weighted by Crippen LogP contribution is 2.42. The number of hydrogen-bond donors (Lipinski definition) is 2. The molecule has 0 bridgehead atoms.